The minimum Gasteiger partial charge on any atom is -0.505 e. The fraction of sp³-hybridized carbons (Fsp3) is 0.571. The highest BCUT2D eigenvalue weighted by Gasteiger charge is 2.30. The number of aromatic hydroxyl groups is 1. The predicted molar refractivity (Wildman–Crippen MR) is 70.8 cm³/mol. The Hall–Kier alpha value is -1.38. The summed E-state index contributed by atoms with van der Waals surface area (Å²) in [4.78, 5) is 10.7. The number of rotatable bonds is 5. The largest absolute Gasteiger partial charge is 0.505 e. The van der Waals surface area contributed by atoms with Gasteiger partial charge in [0, 0.05) is 5.56 Å². The molecule has 0 heterocycles. The molecule has 1 aromatic carbocycles. The molecule has 1 rings (SSSR count). The van der Waals surface area contributed by atoms with E-state index in [1.165, 1.54) is 0 Å². The van der Waals surface area contributed by atoms with Gasteiger partial charge in [-0.3, -0.25) is 0 Å². The molecular formula is C14H21NO2. The van der Waals surface area contributed by atoms with Gasteiger partial charge in [0.15, 0.2) is 0 Å². The molecule has 0 aliphatic rings. The number of hydrogen-bond donors (Lipinski definition) is 1. The van der Waals surface area contributed by atoms with E-state index in [1.54, 1.807) is 6.07 Å². The summed E-state index contributed by atoms with van der Waals surface area (Å²) in [5.41, 5.74) is 1.92. The van der Waals surface area contributed by atoms with Gasteiger partial charge in [0.1, 0.15) is 11.4 Å². The standard InChI is InChI=1S/C14H21NO2/c1-5-14(6-2,7-3)11-8-10(4)9-12(15-17)13(11)16/h8-9,16H,5-7H2,1-4H3. The van der Waals surface area contributed by atoms with Crippen molar-refractivity contribution in [3.63, 3.8) is 0 Å². The molecule has 3 heteroatoms. The molecule has 17 heavy (non-hydrogen) atoms. The number of benzene rings is 1. The SMILES string of the molecule is CCC(CC)(CC)c1cc(C)cc(N=O)c1O. The van der Waals surface area contributed by atoms with Crippen molar-refractivity contribution < 1.29 is 5.11 Å². The van der Waals surface area contributed by atoms with Gasteiger partial charge < -0.3 is 5.11 Å². The van der Waals surface area contributed by atoms with Crippen LogP contribution >= 0.6 is 0 Å². The number of nitroso groups, excluding NO2 is 1. The summed E-state index contributed by atoms with van der Waals surface area (Å²) >= 11 is 0. The molecule has 0 saturated carbocycles. The summed E-state index contributed by atoms with van der Waals surface area (Å²) in [6, 6.07) is 3.60. The fourth-order valence-electron chi connectivity index (χ4n) is 2.55. The first-order valence-electron chi connectivity index (χ1n) is 6.22. The van der Waals surface area contributed by atoms with Gasteiger partial charge in [-0.2, -0.15) is 0 Å². The maximum atomic E-state index is 10.7. The van der Waals surface area contributed by atoms with Gasteiger partial charge in [0.2, 0.25) is 0 Å². The van der Waals surface area contributed by atoms with E-state index < -0.39 is 0 Å². The molecule has 0 aliphatic carbocycles. The zero-order valence-electron chi connectivity index (χ0n) is 11.1. The van der Waals surface area contributed by atoms with Gasteiger partial charge in [-0.05, 0) is 48.4 Å². The molecular weight excluding hydrogens is 214 g/mol. The van der Waals surface area contributed by atoms with Crippen molar-refractivity contribution in [3.8, 4) is 5.75 Å². The summed E-state index contributed by atoms with van der Waals surface area (Å²) in [7, 11) is 0. The van der Waals surface area contributed by atoms with Crippen LogP contribution in [0.2, 0.25) is 0 Å². The van der Waals surface area contributed by atoms with Crippen LogP contribution in [0.5, 0.6) is 5.75 Å². The molecule has 1 N–H and O–H groups in total. The Bertz CT molecular complexity index is 401. The van der Waals surface area contributed by atoms with Gasteiger partial charge in [-0.25, -0.2) is 0 Å². The van der Waals surface area contributed by atoms with Gasteiger partial charge >= 0.3 is 0 Å². The van der Waals surface area contributed by atoms with E-state index in [0.717, 1.165) is 30.4 Å². The summed E-state index contributed by atoms with van der Waals surface area (Å²) in [5.74, 6) is 0.0520. The van der Waals surface area contributed by atoms with Crippen LogP contribution in [0.3, 0.4) is 0 Å². The molecule has 3 nitrogen and oxygen atoms in total. The number of hydrogen-bond acceptors (Lipinski definition) is 3. The minimum absolute atomic E-state index is 0.0520. The van der Waals surface area contributed by atoms with E-state index in [4.69, 9.17) is 0 Å². The Kier molecular flexibility index (Phi) is 4.27. The van der Waals surface area contributed by atoms with Crippen LogP contribution in [0, 0.1) is 11.8 Å². The summed E-state index contributed by atoms with van der Waals surface area (Å²) in [6.07, 6.45) is 2.82. The molecule has 0 unspecified atom stereocenters. The van der Waals surface area contributed by atoms with Crippen LogP contribution in [-0.2, 0) is 5.41 Å². The lowest BCUT2D eigenvalue weighted by atomic mass is 9.73. The molecule has 0 spiro atoms. The second-order valence-electron chi connectivity index (χ2n) is 4.61. The number of aryl methyl sites for hydroxylation is 1. The van der Waals surface area contributed by atoms with Crippen molar-refractivity contribution in [2.75, 3.05) is 0 Å². The zero-order valence-corrected chi connectivity index (χ0v) is 11.1. The molecule has 0 aliphatic heterocycles. The Morgan fingerprint density at radius 3 is 2.12 bits per heavy atom. The molecule has 0 amide bonds. The molecule has 0 bridgehead atoms. The second-order valence-corrected chi connectivity index (χ2v) is 4.61. The van der Waals surface area contributed by atoms with Crippen LogP contribution < -0.4 is 0 Å². The average molecular weight is 235 g/mol. The van der Waals surface area contributed by atoms with Crippen molar-refractivity contribution in [2.24, 2.45) is 5.18 Å². The normalized spacial score (nSPS) is 11.5. The Labute approximate surface area is 103 Å². The third-order valence-electron chi connectivity index (χ3n) is 3.93. The Morgan fingerprint density at radius 2 is 1.71 bits per heavy atom. The van der Waals surface area contributed by atoms with Crippen LogP contribution in [0.1, 0.15) is 51.2 Å². The van der Waals surface area contributed by atoms with E-state index in [1.807, 2.05) is 13.0 Å². The topological polar surface area (TPSA) is 49.7 Å². The van der Waals surface area contributed by atoms with Crippen molar-refractivity contribution in [2.45, 2.75) is 52.4 Å². The van der Waals surface area contributed by atoms with E-state index in [2.05, 4.69) is 25.9 Å². The van der Waals surface area contributed by atoms with Crippen molar-refractivity contribution in [1.82, 2.24) is 0 Å². The van der Waals surface area contributed by atoms with Crippen LogP contribution in [-0.4, -0.2) is 5.11 Å². The highest BCUT2D eigenvalue weighted by molar-refractivity contribution is 5.59. The maximum absolute atomic E-state index is 10.7. The molecule has 0 atom stereocenters. The number of nitrogens with zero attached hydrogens (tertiary/aromatic N) is 1. The monoisotopic (exact) mass is 235 g/mol. The molecule has 0 fully saturated rings. The molecule has 0 saturated heterocycles. The number of phenolic OH excluding ortho intramolecular Hbond substituents is 1. The summed E-state index contributed by atoms with van der Waals surface area (Å²) < 4.78 is 0. The summed E-state index contributed by atoms with van der Waals surface area (Å²) in [6.45, 7) is 8.26. The first-order valence-corrected chi connectivity index (χ1v) is 6.22. The van der Waals surface area contributed by atoms with Gasteiger partial charge in [0.25, 0.3) is 0 Å². The molecule has 0 aromatic heterocycles. The van der Waals surface area contributed by atoms with E-state index in [-0.39, 0.29) is 16.9 Å². The lowest BCUT2D eigenvalue weighted by Crippen LogP contribution is -2.23. The number of phenols is 1. The van der Waals surface area contributed by atoms with Crippen molar-refractivity contribution in [1.29, 1.82) is 0 Å². The van der Waals surface area contributed by atoms with Crippen LogP contribution in [0.4, 0.5) is 5.69 Å². The average Bonchev–Trinajstić information content (AvgIpc) is 2.35. The molecule has 1 aromatic rings. The summed E-state index contributed by atoms with van der Waals surface area (Å²) in [5, 5.41) is 13.1. The molecule has 0 radical (unpaired) electrons. The highest BCUT2D eigenvalue weighted by Crippen LogP contribution is 2.44. The zero-order chi connectivity index (χ0) is 13.1. The Morgan fingerprint density at radius 1 is 1.18 bits per heavy atom. The Balaban J connectivity index is 3.48. The van der Waals surface area contributed by atoms with E-state index in [9.17, 15) is 10.0 Å². The van der Waals surface area contributed by atoms with Crippen LogP contribution in [0.25, 0.3) is 0 Å². The third-order valence-corrected chi connectivity index (χ3v) is 3.93. The van der Waals surface area contributed by atoms with E-state index >= 15 is 0 Å². The third kappa shape index (κ3) is 2.33. The fourth-order valence-corrected chi connectivity index (χ4v) is 2.55. The first-order chi connectivity index (χ1) is 8.04. The van der Waals surface area contributed by atoms with Crippen LogP contribution in [0.15, 0.2) is 17.3 Å². The van der Waals surface area contributed by atoms with E-state index in [0.29, 0.717) is 0 Å². The first kappa shape index (κ1) is 13.7. The van der Waals surface area contributed by atoms with Crippen molar-refractivity contribution >= 4 is 5.69 Å². The predicted octanol–water partition coefficient (Wildman–Crippen LogP) is 4.57. The quantitative estimate of drug-likeness (QED) is 0.760. The molecule has 94 valence electrons. The van der Waals surface area contributed by atoms with Gasteiger partial charge in [0.05, 0.1) is 0 Å². The van der Waals surface area contributed by atoms with Gasteiger partial charge in [-0.1, -0.05) is 26.8 Å². The lowest BCUT2D eigenvalue weighted by molar-refractivity contribution is 0.358. The second kappa shape index (κ2) is 5.30. The smallest absolute Gasteiger partial charge is 0.150 e. The lowest BCUT2D eigenvalue weighted by Gasteiger charge is -2.32. The van der Waals surface area contributed by atoms with Crippen molar-refractivity contribution in [3.05, 3.63) is 28.2 Å². The van der Waals surface area contributed by atoms with Gasteiger partial charge in [-0.15, -0.1) is 4.91 Å². The maximum Gasteiger partial charge on any atom is 0.150 e. The highest BCUT2D eigenvalue weighted by atomic mass is 16.3. The minimum atomic E-state index is -0.0600.